The molecule has 0 N–H and O–H groups in total. The minimum atomic E-state index is 0.692. The third-order valence-electron chi connectivity index (χ3n) is 2.83. The molecule has 1 heterocycles. The zero-order valence-electron chi connectivity index (χ0n) is 11.7. The molecule has 0 amide bonds. The Hall–Kier alpha value is -2.30. The summed E-state index contributed by atoms with van der Waals surface area (Å²) < 4.78 is 5.15. The van der Waals surface area contributed by atoms with Crippen molar-refractivity contribution in [3.05, 3.63) is 36.5 Å². The first kappa shape index (κ1) is 13.1. The Morgan fingerprint density at radius 1 is 1.00 bits per heavy atom. The largest absolute Gasteiger partial charge is 0.497 e. The van der Waals surface area contributed by atoms with E-state index in [1.54, 1.807) is 13.3 Å². The molecular formula is C14H18N4O. The molecular weight excluding hydrogens is 240 g/mol. The summed E-state index contributed by atoms with van der Waals surface area (Å²) in [6.45, 7) is 0. The van der Waals surface area contributed by atoms with Gasteiger partial charge in [0.15, 0.2) is 0 Å². The summed E-state index contributed by atoms with van der Waals surface area (Å²) in [4.78, 5) is 12.6. The van der Waals surface area contributed by atoms with E-state index in [-0.39, 0.29) is 0 Å². The van der Waals surface area contributed by atoms with E-state index in [1.165, 1.54) is 0 Å². The lowest BCUT2D eigenvalue weighted by Gasteiger charge is -2.20. The van der Waals surface area contributed by atoms with Crippen LogP contribution in [0.5, 0.6) is 5.75 Å². The van der Waals surface area contributed by atoms with E-state index in [0.717, 1.165) is 17.3 Å². The van der Waals surface area contributed by atoms with Crippen molar-refractivity contribution in [1.29, 1.82) is 0 Å². The minimum Gasteiger partial charge on any atom is -0.497 e. The quantitative estimate of drug-likeness (QED) is 0.842. The normalized spacial score (nSPS) is 10.1. The van der Waals surface area contributed by atoms with Gasteiger partial charge in [-0.1, -0.05) is 0 Å². The fraction of sp³-hybridized carbons (Fsp3) is 0.286. The average Bonchev–Trinajstić information content (AvgIpc) is 2.46. The number of anilines is 3. The van der Waals surface area contributed by atoms with Gasteiger partial charge in [0.2, 0.25) is 5.95 Å². The first-order chi connectivity index (χ1) is 9.11. The first-order valence-corrected chi connectivity index (χ1v) is 6.00. The number of hydrogen-bond donors (Lipinski definition) is 0. The van der Waals surface area contributed by atoms with Crippen LogP contribution in [0.3, 0.4) is 0 Å². The van der Waals surface area contributed by atoms with Crippen molar-refractivity contribution in [2.45, 2.75) is 0 Å². The van der Waals surface area contributed by atoms with E-state index in [4.69, 9.17) is 4.74 Å². The topological polar surface area (TPSA) is 41.5 Å². The number of hydrogen-bond acceptors (Lipinski definition) is 5. The van der Waals surface area contributed by atoms with E-state index in [1.807, 2.05) is 61.3 Å². The lowest BCUT2D eigenvalue weighted by molar-refractivity contribution is 0.415. The molecule has 0 saturated heterocycles. The van der Waals surface area contributed by atoms with Crippen LogP contribution in [-0.4, -0.2) is 38.2 Å². The van der Waals surface area contributed by atoms with Gasteiger partial charge in [0.25, 0.3) is 0 Å². The summed E-state index contributed by atoms with van der Waals surface area (Å²) in [5.74, 6) is 2.38. The van der Waals surface area contributed by atoms with E-state index >= 15 is 0 Å². The monoisotopic (exact) mass is 258 g/mol. The van der Waals surface area contributed by atoms with E-state index in [2.05, 4.69) is 9.97 Å². The molecule has 2 aromatic rings. The maximum absolute atomic E-state index is 5.15. The van der Waals surface area contributed by atoms with E-state index < -0.39 is 0 Å². The van der Waals surface area contributed by atoms with Crippen LogP contribution in [0.15, 0.2) is 36.5 Å². The Bertz CT molecular complexity index is 539. The van der Waals surface area contributed by atoms with E-state index in [0.29, 0.717) is 5.95 Å². The first-order valence-electron chi connectivity index (χ1n) is 6.00. The smallest absolute Gasteiger partial charge is 0.226 e. The molecule has 0 unspecified atom stereocenters. The van der Waals surface area contributed by atoms with Crippen molar-refractivity contribution in [3.8, 4) is 5.75 Å². The molecule has 5 heteroatoms. The van der Waals surface area contributed by atoms with Crippen LogP contribution in [0, 0.1) is 0 Å². The second-order valence-electron chi connectivity index (χ2n) is 4.37. The summed E-state index contributed by atoms with van der Waals surface area (Å²) in [6, 6.07) is 9.74. The van der Waals surface area contributed by atoms with Crippen molar-refractivity contribution in [2.75, 3.05) is 38.1 Å². The second-order valence-corrected chi connectivity index (χ2v) is 4.37. The molecule has 0 radical (unpaired) electrons. The van der Waals surface area contributed by atoms with Crippen LogP contribution < -0.4 is 14.5 Å². The molecule has 1 aromatic carbocycles. The van der Waals surface area contributed by atoms with Gasteiger partial charge >= 0.3 is 0 Å². The maximum Gasteiger partial charge on any atom is 0.226 e. The van der Waals surface area contributed by atoms with Gasteiger partial charge in [-0.25, -0.2) is 4.98 Å². The summed E-state index contributed by atoms with van der Waals surface area (Å²) in [5.41, 5.74) is 1.05. The summed E-state index contributed by atoms with van der Waals surface area (Å²) in [6.07, 6.45) is 1.76. The number of aromatic nitrogens is 2. The van der Waals surface area contributed by atoms with Crippen LogP contribution in [0.4, 0.5) is 17.5 Å². The Balaban J connectivity index is 2.27. The summed E-state index contributed by atoms with van der Waals surface area (Å²) in [7, 11) is 7.48. The highest BCUT2D eigenvalue weighted by atomic mass is 16.5. The lowest BCUT2D eigenvalue weighted by atomic mass is 10.3. The predicted octanol–water partition coefficient (Wildman–Crippen LogP) is 2.32. The van der Waals surface area contributed by atoms with Gasteiger partial charge < -0.3 is 14.5 Å². The van der Waals surface area contributed by atoms with Crippen LogP contribution >= 0.6 is 0 Å². The van der Waals surface area contributed by atoms with Crippen molar-refractivity contribution in [3.63, 3.8) is 0 Å². The van der Waals surface area contributed by atoms with Gasteiger partial charge in [-0.2, -0.15) is 4.98 Å². The molecule has 0 aliphatic rings. The number of ether oxygens (including phenoxy) is 1. The van der Waals surface area contributed by atoms with Crippen LogP contribution in [0.1, 0.15) is 0 Å². The highest BCUT2D eigenvalue weighted by molar-refractivity contribution is 5.60. The molecule has 0 aliphatic carbocycles. The maximum atomic E-state index is 5.15. The van der Waals surface area contributed by atoms with Gasteiger partial charge in [0.1, 0.15) is 11.6 Å². The molecule has 2 rings (SSSR count). The van der Waals surface area contributed by atoms with Crippen LogP contribution in [0.2, 0.25) is 0 Å². The Morgan fingerprint density at radius 2 is 1.68 bits per heavy atom. The fourth-order valence-corrected chi connectivity index (χ4v) is 1.68. The molecule has 0 aliphatic heterocycles. The van der Waals surface area contributed by atoms with Crippen LogP contribution in [-0.2, 0) is 0 Å². The van der Waals surface area contributed by atoms with Gasteiger partial charge in [-0.3, -0.25) is 0 Å². The van der Waals surface area contributed by atoms with Gasteiger partial charge in [-0.15, -0.1) is 0 Å². The zero-order valence-corrected chi connectivity index (χ0v) is 11.7. The van der Waals surface area contributed by atoms with Crippen molar-refractivity contribution >= 4 is 17.5 Å². The minimum absolute atomic E-state index is 0.692. The van der Waals surface area contributed by atoms with Crippen molar-refractivity contribution in [1.82, 2.24) is 9.97 Å². The standard InChI is InChI=1S/C14H18N4O/c1-17(2)14-15-10-9-13(16-14)18(3)11-5-7-12(19-4)8-6-11/h5-10H,1-4H3. The third-order valence-corrected chi connectivity index (χ3v) is 2.83. The molecule has 1 aromatic heterocycles. The molecule has 5 nitrogen and oxygen atoms in total. The SMILES string of the molecule is COc1ccc(N(C)c2ccnc(N(C)C)n2)cc1. The van der Waals surface area contributed by atoms with Gasteiger partial charge in [-0.05, 0) is 30.3 Å². The molecule has 100 valence electrons. The second kappa shape index (κ2) is 5.56. The van der Waals surface area contributed by atoms with Gasteiger partial charge in [0, 0.05) is 33.0 Å². The Labute approximate surface area is 113 Å². The highest BCUT2D eigenvalue weighted by Gasteiger charge is 2.07. The molecule has 0 saturated carbocycles. The van der Waals surface area contributed by atoms with Crippen molar-refractivity contribution < 1.29 is 4.74 Å². The lowest BCUT2D eigenvalue weighted by Crippen LogP contribution is -2.16. The number of benzene rings is 1. The molecule has 0 fully saturated rings. The molecule has 0 spiro atoms. The summed E-state index contributed by atoms with van der Waals surface area (Å²) in [5, 5.41) is 0. The number of rotatable bonds is 4. The zero-order chi connectivity index (χ0) is 13.8. The number of methoxy groups -OCH3 is 1. The third kappa shape index (κ3) is 2.93. The Kier molecular flexibility index (Phi) is 3.85. The van der Waals surface area contributed by atoms with Crippen LogP contribution in [0.25, 0.3) is 0 Å². The van der Waals surface area contributed by atoms with E-state index in [9.17, 15) is 0 Å². The average molecular weight is 258 g/mol. The van der Waals surface area contributed by atoms with Gasteiger partial charge in [0.05, 0.1) is 7.11 Å². The fourth-order valence-electron chi connectivity index (χ4n) is 1.68. The molecule has 0 atom stereocenters. The molecule has 0 bridgehead atoms. The number of nitrogens with zero attached hydrogens (tertiary/aromatic N) is 4. The summed E-state index contributed by atoms with van der Waals surface area (Å²) >= 11 is 0. The Morgan fingerprint density at radius 3 is 2.26 bits per heavy atom. The molecule has 19 heavy (non-hydrogen) atoms. The predicted molar refractivity (Wildman–Crippen MR) is 77.4 cm³/mol. The van der Waals surface area contributed by atoms with Crippen molar-refractivity contribution in [2.24, 2.45) is 0 Å². The highest BCUT2D eigenvalue weighted by Crippen LogP contribution is 2.24.